The molecule has 2 amide bonds. The van der Waals surface area contributed by atoms with E-state index in [1.165, 1.54) is 4.90 Å². The third kappa shape index (κ3) is 3.66. The number of esters is 1. The maximum Gasteiger partial charge on any atom is 0.342 e. The number of fused-ring (bicyclic) bond motifs is 1. The van der Waals surface area contributed by atoms with Gasteiger partial charge in [0.1, 0.15) is 17.9 Å². The van der Waals surface area contributed by atoms with E-state index in [-0.39, 0.29) is 18.0 Å². The summed E-state index contributed by atoms with van der Waals surface area (Å²) in [4.78, 5) is 37.9. The fourth-order valence-corrected chi connectivity index (χ4v) is 2.66. The van der Waals surface area contributed by atoms with Crippen LogP contribution in [0.15, 0.2) is 48.5 Å². The molecular formula is C19H18N2O5. The van der Waals surface area contributed by atoms with Crippen LogP contribution in [-0.4, -0.2) is 37.5 Å². The van der Waals surface area contributed by atoms with Crippen LogP contribution in [0.2, 0.25) is 0 Å². The number of anilines is 2. The first-order chi connectivity index (χ1) is 12.6. The lowest BCUT2D eigenvalue weighted by Crippen LogP contribution is -2.44. The van der Waals surface area contributed by atoms with Gasteiger partial charge in [0.25, 0.3) is 5.91 Å². The van der Waals surface area contributed by atoms with Crippen LogP contribution in [0.5, 0.6) is 5.75 Å². The predicted molar refractivity (Wildman–Crippen MR) is 95.3 cm³/mol. The Kier molecular flexibility index (Phi) is 5.17. The van der Waals surface area contributed by atoms with E-state index in [2.05, 4.69) is 5.32 Å². The molecule has 0 spiro atoms. The van der Waals surface area contributed by atoms with Gasteiger partial charge in [0, 0.05) is 0 Å². The molecule has 1 N–H and O–H groups in total. The minimum atomic E-state index is -0.655. The van der Waals surface area contributed by atoms with E-state index < -0.39 is 18.5 Å². The molecule has 26 heavy (non-hydrogen) atoms. The van der Waals surface area contributed by atoms with Crippen molar-refractivity contribution < 1.29 is 23.9 Å². The summed E-state index contributed by atoms with van der Waals surface area (Å²) in [7, 11) is 0. The molecule has 134 valence electrons. The first kappa shape index (κ1) is 17.5. The summed E-state index contributed by atoms with van der Waals surface area (Å²) in [5.41, 5.74) is 1.37. The quantitative estimate of drug-likeness (QED) is 0.833. The SMILES string of the molecule is CCOc1ccccc1C(=O)OCC(=O)N1CC(=O)Nc2ccccc21. The molecule has 0 aliphatic carbocycles. The number of nitrogens with one attached hydrogen (secondary N) is 1. The van der Waals surface area contributed by atoms with Crippen LogP contribution in [0.1, 0.15) is 17.3 Å². The molecule has 1 aliphatic heterocycles. The number of rotatable bonds is 5. The van der Waals surface area contributed by atoms with Crippen molar-refractivity contribution in [3.63, 3.8) is 0 Å². The van der Waals surface area contributed by atoms with Crippen molar-refractivity contribution in [1.82, 2.24) is 0 Å². The molecule has 1 heterocycles. The molecular weight excluding hydrogens is 336 g/mol. The first-order valence-electron chi connectivity index (χ1n) is 8.18. The number of hydrogen-bond donors (Lipinski definition) is 1. The number of amides is 2. The third-order valence-electron chi connectivity index (χ3n) is 3.81. The second-order valence-corrected chi connectivity index (χ2v) is 5.55. The maximum absolute atomic E-state index is 12.5. The van der Waals surface area contributed by atoms with Gasteiger partial charge in [-0.3, -0.25) is 14.5 Å². The molecule has 1 aliphatic rings. The van der Waals surface area contributed by atoms with Gasteiger partial charge in [-0.1, -0.05) is 24.3 Å². The van der Waals surface area contributed by atoms with E-state index in [4.69, 9.17) is 9.47 Å². The maximum atomic E-state index is 12.5. The summed E-state index contributed by atoms with van der Waals surface area (Å²) >= 11 is 0. The van der Waals surface area contributed by atoms with Gasteiger partial charge in [-0.2, -0.15) is 0 Å². The Morgan fingerprint density at radius 1 is 1.12 bits per heavy atom. The monoisotopic (exact) mass is 354 g/mol. The normalized spacial score (nSPS) is 12.8. The minimum Gasteiger partial charge on any atom is -0.493 e. The van der Waals surface area contributed by atoms with Crippen LogP contribution >= 0.6 is 0 Å². The van der Waals surface area contributed by atoms with Crippen molar-refractivity contribution in [3.05, 3.63) is 54.1 Å². The molecule has 2 aromatic carbocycles. The Morgan fingerprint density at radius 3 is 2.65 bits per heavy atom. The van der Waals surface area contributed by atoms with Gasteiger partial charge in [-0.25, -0.2) is 4.79 Å². The van der Waals surface area contributed by atoms with E-state index in [0.717, 1.165) is 0 Å². The molecule has 0 fully saturated rings. The summed E-state index contributed by atoms with van der Waals surface area (Å²) < 4.78 is 10.5. The molecule has 0 saturated heterocycles. The highest BCUT2D eigenvalue weighted by Crippen LogP contribution is 2.29. The van der Waals surface area contributed by atoms with Crippen molar-refractivity contribution >= 4 is 29.2 Å². The number of carbonyl (C=O) groups is 3. The van der Waals surface area contributed by atoms with Crippen molar-refractivity contribution in [2.75, 3.05) is 30.0 Å². The topological polar surface area (TPSA) is 84.9 Å². The Morgan fingerprint density at radius 2 is 1.85 bits per heavy atom. The highest BCUT2D eigenvalue weighted by Gasteiger charge is 2.27. The summed E-state index contributed by atoms with van der Waals surface area (Å²) in [5, 5.41) is 2.70. The second-order valence-electron chi connectivity index (χ2n) is 5.55. The Labute approximate surface area is 150 Å². The fraction of sp³-hybridized carbons (Fsp3) is 0.211. The van der Waals surface area contributed by atoms with Gasteiger partial charge in [0.2, 0.25) is 5.91 Å². The van der Waals surface area contributed by atoms with Crippen LogP contribution in [0.25, 0.3) is 0 Å². The van der Waals surface area contributed by atoms with Gasteiger partial charge in [0.15, 0.2) is 6.61 Å². The largest absolute Gasteiger partial charge is 0.493 e. The molecule has 0 bridgehead atoms. The van der Waals surface area contributed by atoms with E-state index in [9.17, 15) is 14.4 Å². The third-order valence-corrected chi connectivity index (χ3v) is 3.81. The lowest BCUT2D eigenvalue weighted by molar-refractivity contribution is -0.124. The standard InChI is InChI=1S/C19H18N2O5/c1-2-25-16-10-6-3-7-13(16)19(24)26-12-18(23)21-11-17(22)20-14-8-4-5-9-15(14)21/h3-10H,2,11-12H2,1H3,(H,20,22). The van der Waals surface area contributed by atoms with Gasteiger partial charge < -0.3 is 14.8 Å². The molecule has 7 heteroatoms. The molecule has 0 aromatic heterocycles. The zero-order valence-corrected chi connectivity index (χ0v) is 14.2. The van der Waals surface area contributed by atoms with Gasteiger partial charge >= 0.3 is 5.97 Å². The van der Waals surface area contributed by atoms with Gasteiger partial charge in [-0.15, -0.1) is 0 Å². The van der Waals surface area contributed by atoms with E-state index >= 15 is 0 Å². The van der Waals surface area contributed by atoms with Crippen molar-refractivity contribution in [2.24, 2.45) is 0 Å². The number of hydrogen-bond acceptors (Lipinski definition) is 5. The van der Waals surface area contributed by atoms with Crippen molar-refractivity contribution in [2.45, 2.75) is 6.92 Å². The number of nitrogens with zero attached hydrogens (tertiary/aromatic N) is 1. The number of benzene rings is 2. The van der Waals surface area contributed by atoms with Crippen LogP contribution in [-0.2, 0) is 14.3 Å². The van der Waals surface area contributed by atoms with Crippen LogP contribution in [0.3, 0.4) is 0 Å². The fourth-order valence-electron chi connectivity index (χ4n) is 2.66. The molecule has 7 nitrogen and oxygen atoms in total. The summed E-state index contributed by atoms with van der Waals surface area (Å²) in [6.45, 7) is 1.62. The second kappa shape index (κ2) is 7.69. The lowest BCUT2D eigenvalue weighted by atomic mass is 10.2. The molecule has 2 aromatic rings. The Hall–Kier alpha value is -3.35. The lowest BCUT2D eigenvalue weighted by Gasteiger charge is -2.28. The van der Waals surface area contributed by atoms with E-state index in [1.54, 1.807) is 48.5 Å². The summed E-state index contributed by atoms with van der Waals surface area (Å²) in [6, 6.07) is 13.6. The smallest absolute Gasteiger partial charge is 0.342 e. The van der Waals surface area contributed by atoms with Crippen LogP contribution in [0.4, 0.5) is 11.4 Å². The summed E-state index contributed by atoms with van der Waals surface area (Å²) in [6.07, 6.45) is 0. The molecule has 3 rings (SSSR count). The van der Waals surface area contributed by atoms with Crippen LogP contribution in [0, 0.1) is 0 Å². The minimum absolute atomic E-state index is 0.122. The Balaban J connectivity index is 1.70. The van der Waals surface area contributed by atoms with Gasteiger partial charge in [0.05, 0.1) is 18.0 Å². The first-order valence-corrected chi connectivity index (χ1v) is 8.18. The number of para-hydroxylation sites is 3. The average molecular weight is 354 g/mol. The van der Waals surface area contributed by atoms with Crippen molar-refractivity contribution in [1.29, 1.82) is 0 Å². The number of carbonyl (C=O) groups excluding carboxylic acids is 3. The molecule has 0 radical (unpaired) electrons. The highest BCUT2D eigenvalue weighted by molar-refractivity contribution is 6.10. The van der Waals surface area contributed by atoms with E-state index in [1.807, 2.05) is 6.92 Å². The average Bonchev–Trinajstić information content (AvgIpc) is 2.65. The zero-order valence-electron chi connectivity index (χ0n) is 14.2. The molecule has 0 atom stereocenters. The number of ether oxygens (including phenoxy) is 2. The molecule has 0 saturated carbocycles. The summed E-state index contributed by atoms with van der Waals surface area (Å²) in [5.74, 6) is -1.04. The molecule has 0 unspecified atom stereocenters. The highest BCUT2D eigenvalue weighted by atomic mass is 16.5. The Bertz CT molecular complexity index is 849. The predicted octanol–water partition coefficient (Wildman–Crippen LogP) is 2.23. The zero-order chi connectivity index (χ0) is 18.5. The van der Waals surface area contributed by atoms with Crippen molar-refractivity contribution in [3.8, 4) is 5.75 Å². The van der Waals surface area contributed by atoms with E-state index in [0.29, 0.717) is 23.7 Å². The van der Waals surface area contributed by atoms with Crippen LogP contribution < -0.4 is 15.0 Å². The van der Waals surface area contributed by atoms with Gasteiger partial charge in [-0.05, 0) is 31.2 Å².